The number of anilines is 1. The molecular weight excluding hydrogens is 344 g/mol. The maximum atomic E-state index is 12.1. The zero-order valence-electron chi connectivity index (χ0n) is 14.9. The number of nitrogens with one attached hydrogen (secondary N) is 1. The molecule has 1 heterocycles. The van der Waals surface area contributed by atoms with Gasteiger partial charge in [0.15, 0.2) is 0 Å². The summed E-state index contributed by atoms with van der Waals surface area (Å²) in [5.74, 6) is 0.198. The Bertz CT molecular complexity index is 920. The van der Waals surface area contributed by atoms with Crippen LogP contribution in [0.5, 0.6) is 0 Å². The molecule has 2 aromatic carbocycles. The van der Waals surface area contributed by atoms with Crippen LogP contribution in [-0.4, -0.2) is 17.5 Å². The van der Waals surface area contributed by atoms with E-state index in [9.17, 15) is 14.9 Å². The van der Waals surface area contributed by atoms with Gasteiger partial charge in [0, 0.05) is 23.7 Å². The molecule has 6 nitrogen and oxygen atoms in total. The van der Waals surface area contributed by atoms with Gasteiger partial charge in [0.25, 0.3) is 5.69 Å². The van der Waals surface area contributed by atoms with Gasteiger partial charge < -0.3 is 10.1 Å². The first-order valence-corrected chi connectivity index (χ1v) is 9.07. The standard InChI is InChI=1S/C21H20N2O4/c1-2-27-21(24)14-8-11-19-18(12-14)16-4-3-5-17(16)20(22-19)13-6-9-15(10-7-13)23(25)26/h3-4,6-12,16-17,20,22H,2,5H2,1H3/t16-,17+,20+/m1/s1. The molecule has 0 spiro atoms. The summed E-state index contributed by atoms with van der Waals surface area (Å²) in [6, 6.07) is 12.4. The molecule has 1 N–H and O–H groups in total. The van der Waals surface area contributed by atoms with Crippen molar-refractivity contribution in [3.05, 3.63) is 81.4 Å². The highest BCUT2D eigenvalue weighted by Gasteiger charge is 2.38. The average Bonchev–Trinajstić information content (AvgIpc) is 3.17. The number of nitro benzene ring substituents is 1. The molecule has 0 saturated carbocycles. The zero-order chi connectivity index (χ0) is 19.0. The fourth-order valence-corrected chi connectivity index (χ4v) is 4.07. The van der Waals surface area contributed by atoms with Crippen LogP contribution in [0.3, 0.4) is 0 Å². The van der Waals surface area contributed by atoms with Gasteiger partial charge in [-0.1, -0.05) is 24.3 Å². The van der Waals surface area contributed by atoms with Gasteiger partial charge in [0.05, 0.1) is 23.1 Å². The van der Waals surface area contributed by atoms with Gasteiger partial charge in [-0.3, -0.25) is 10.1 Å². The quantitative estimate of drug-likeness (QED) is 0.371. The van der Waals surface area contributed by atoms with E-state index in [2.05, 4.69) is 17.5 Å². The number of hydrogen-bond acceptors (Lipinski definition) is 5. The van der Waals surface area contributed by atoms with Gasteiger partial charge in [0.1, 0.15) is 0 Å². The molecule has 3 atom stereocenters. The lowest BCUT2D eigenvalue weighted by Gasteiger charge is -2.37. The molecular formula is C21H20N2O4. The van der Waals surface area contributed by atoms with Crippen LogP contribution in [-0.2, 0) is 4.74 Å². The van der Waals surface area contributed by atoms with Crippen molar-refractivity contribution in [3.8, 4) is 0 Å². The molecule has 2 aliphatic rings. The zero-order valence-corrected chi connectivity index (χ0v) is 14.9. The SMILES string of the molecule is CCOC(=O)c1ccc2c(c1)[C@@H]1C=CC[C@@H]1[C@H](c1ccc([N+](=O)[O-])cc1)N2. The van der Waals surface area contributed by atoms with E-state index in [1.807, 2.05) is 24.3 Å². The maximum Gasteiger partial charge on any atom is 0.338 e. The highest BCUT2D eigenvalue weighted by Crippen LogP contribution is 2.50. The molecule has 0 amide bonds. The highest BCUT2D eigenvalue weighted by molar-refractivity contribution is 5.90. The summed E-state index contributed by atoms with van der Waals surface area (Å²) >= 11 is 0. The van der Waals surface area contributed by atoms with Crippen LogP contribution in [0.4, 0.5) is 11.4 Å². The molecule has 0 fully saturated rings. The Kier molecular flexibility index (Phi) is 4.39. The van der Waals surface area contributed by atoms with Gasteiger partial charge >= 0.3 is 5.97 Å². The summed E-state index contributed by atoms with van der Waals surface area (Å²) in [6.07, 6.45) is 5.28. The summed E-state index contributed by atoms with van der Waals surface area (Å²) in [4.78, 5) is 22.6. The summed E-state index contributed by atoms with van der Waals surface area (Å²) in [5, 5.41) is 14.5. The number of hydrogen-bond donors (Lipinski definition) is 1. The molecule has 0 aromatic heterocycles. The van der Waals surface area contributed by atoms with Crippen molar-refractivity contribution in [2.45, 2.75) is 25.3 Å². The summed E-state index contributed by atoms with van der Waals surface area (Å²) < 4.78 is 5.12. The highest BCUT2D eigenvalue weighted by atomic mass is 16.6. The third-order valence-electron chi connectivity index (χ3n) is 5.34. The van der Waals surface area contributed by atoms with Crippen LogP contribution >= 0.6 is 0 Å². The Morgan fingerprint density at radius 3 is 2.74 bits per heavy atom. The van der Waals surface area contributed by atoms with Crippen molar-refractivity contribution < 1.29 is 14.5 Å². The second-order valence-corrected chi connectivity index (χ2v) is 6.85. The molecule has 0 bridgehead atoms. The van der Waals surface area contributed by atoms with E-state index < -0.39 is 0 Å². The average molecular weight is 364 g/mol. The number of carbonyl (C=O) groups is 1. The molecule has 1 aliphatic heterocycles. The van der Waals surface area contributed by atoms with Crippen LogP contribution in [0.1, 0.15) is 46.8 Å². The van der Waals surface area contributed by atoms with Crippen LogP contribution in [0.2, 0.25) is 0 Å². The van der Waals surface area contributed by atoms with Crippen LogP contribution in [0.25, 0.3) is 0 Å². The Labute approximate surface area is 157 Å². The Hall–Kier alpha value is -3.15. The third-order valence-corrected chi connectivity index (χ3v) is 5.34. The van der Waals surface area contributed by atoms with Crippen molar-refractivity contribution in [1.82, 2.24) is 0 Å². The van der Waals surface area contributed by atoms with E-state index >= 15 is 0 Å². The molecule has 4 rings (SSSR count). The lowest BCUT2D eigenvalue weighted by molar-refractivity contribution is -0.384. The van der Waals surface area contributed by atoms with Crippen molar-refractivity contribution in [3.63, 3.8) is 0 Å². The monoisotopic (exact) mass is 364 g/mol. The number of carbonyl (C=O) groups excluding carboxylic acids is 1. The predicted molar refractivity (Wildman–Crippen MR) is 102 cm³/mol. The van der Waals surface area contributed by atoms with E-state index in [0.717, 1.165) is 23.2 Å². The van der Waals surface area contributed by atoms with Crippen molar-refractivity contribution in [2.75, 3.05) is 11.9 Å². The van der Waals surface area contributed by atoms with Gasteiger partial charge in [0.2, 0.25) is 0 Å². The summed E-state index contributed by atoms with van der Waals surface area (Å²) in [7, 11) is 0. The minimum atomic E-state index is -0.385. The third kappa shape index (κ3) is 3.07. The summed E-state index contributed by atoms with van der Waals surface area (Å²) in [5.41, 5.74) is 3.76. The van der Waals surface area contributed by atoms with Gasteiger partial charge in [-0.05, 0) is 48.6 Å². The molecule has 1 aliphatic carbocycles. The Morgan fingerprint density at radius 2 is 2.04 bits per heavy atom. The number of allylic oxidation sites excluding steroid dienone is 2. The minimum absolute atomic E-state index is 0.0618. The van der Waals surface area contributed by atoms with E-state index in [1.54, 1.807) is 25.1 Å². The first-order chi connectivity index (χ1) is 13.1. The number of nitrogens with zero attached hydrogens (tertiary/aromatic N) is 1. The number of esters is 1. The number of fused-ring (bicyclic) bond motifs is 3. The normalized spacial score (nSPS) is 22.5. The Morgan fingerprint density at radius 1 is 1.26 bits per heavy atom. The van der Waals surface area contributed by atoms with Crippen molar-refractivity contribution in [1.29, 1.82) is 0 Å². The lowest BCUT2D eigenvalue weighted by atomic mass is 9.76. The number of rotatable bonds is 4. The van der Waals surface area contributed by atoms with E-state index in [-0.39, 0.29) is 28.5 Å². The first-order valence-electron chi connectivity index (χ1n) is 9.07. The molecule has 0 unspecified atom stereocenters. The van der Waals surface area contributed by atoms with E-state index in [4.69, 9.17) is 4.74 Å². The van der Waals surface area contributed by atoms with E-state index in [0.29, 0.717) is 18.1 Å². The molecule has 2 aromatic rings. The second kappa shape index (κ2) is 6.87. The van der Waals surface area contributed by atoms with E-state index in [1.165, 1.54) is 0 Å². The van der Waals surface area contributed by atoms with Crippen LogP contribution < -0.4 is 5.32 Å². The number of benzene rings is 2. The smallest absolute Gasteiger partial charge is 0.338 e. The maximum absolute atomic E-state index is 12.1. The number of nitro groups is 1. The first kappa shape index (κ1) is 17.3. The molecule has 0 radical (unpaired) electrons. The van der Waals surface area contributed by atoms with Crippen LogP contribution in [0, 0.1) is 16.0 Å². The fourth-order valence-electron chi connectivity index (χ4n) is 4.07. The topological polar surface area (TPSA) is 81.5 Å². The number of ether oxygens (including phenoxy) is 1. The molecule has 0 saturated heterocycles. The number of non-ortho nitro benzene ring substituents is 1. The van der Waals surface area contributed by atoms with Crippen LogP contribution in [0.15, 0.2) is 54.6 Å². The van der Waals surface area contributed by atoms with Crippen molar-refractivity contribution in [2.24, 2.45) is 5.92 Å². The van der Waals surface area contributed by atoms with Gasteiger partial charge in [-0.15, -0.1) is 0 Å². The molecule has 6 heteroatoms. The largest absolute Gasteiger partial charge is 0.462 e. The predicted octanol–water partition coefficient (Wildman–Crippen LogP) is 4.60. The van der Waals surface area contributed by atoms with Crippen molar-refractivity contribution >= 4 is 17.3 Å². The summed E-state index contributed by atoms with van der Waals surface area (Å²) in [6.45, 7) is 2.14. The Balaban J connectivity index is 1.68. The minimum Gasteiger partial charge on any atom is -0.462 e. The fraction of sp³-hybridized carbons (Fsp3) is 0.286. The lowest BCUT2D eigenvalue weighted by Crippen LogP contribution is -2.29. The molecule has 138 valence electrons. The second-order valence-electron chi connectivity index (χ2n) is 6.85. The van der Waals surface area contributed by atoms with Gasteiger partial charge in [-0.25, -0.2) is 4.79 Å². The van der Waals surface area contributed by atoms with Gasteiger partial charge in [-0.2, -0.15) is 0 Å². The molecule has 27 heavy (non-hydrogen) atoms.